The Bertz CT molecular complexity index is 1780. The Hall–Kier alpha value is -5.29. The molecule has 0 atom stereocenters. The molecule has 1 aliphatic rings. The SMILES string of the molecule is CN(C)C(=O)c1ccc(NC(=O)Nc2ccc(-c3nc(N4CCOCC4)c4ccc(-c5ccco5)cc4n3)cc2F)cc1. The Labute approximate surface area is 247 Å². The molecule has 0 radical (unpaired) electrons. The van der Waals surface area contributed by atoms with Crippen LogP contribution in [0.15, 0.2) is 83.5 Å². The number of morpholine rings is 1. The largest absolute Gasteiger partial charge is 0.464 e. The Morgan fingerprint density at radius 3 is 2.37 bits per heavy atom. The van der Waals surface area contributed by atoms with Gasteiger partial charge in [0, 0.05) is 54.9 Å². The van der Waals surface area contributed by atoms with Crippen molar-refractivity contribution in [3.63, 3.8) is 0 Å². The fourth-order valence-electron chi connectivity index (χ4n) is 4.85. The maximum absolute atomic E-state index is 15.3. The van der Waals surface area contributed by atoms with E-state index in [1.165, 1.54) is 17.0 Å². The molecule has 10 nitrogen and oxygen atoms in total. The standard InChI is InChI=1S/C32H29FN6O4/c1-38(2)31(40)20-5-9-23(10-6-20)34-32(41)36-26-12-8-22(18-25(26)33)29-35-27-19-21(28-4-3-15-43-28)7-11-24(27)30(37-29)39-13-16-42-17-14-39/h3-12,15,18-19H,13-14,16-17H2,1-2H3,(H2,34,36,41). The molecular weight excluding hydrogens is 551 g/mol. The smallest absolute Gasteiger partial charge is 0.323 e. The molecule has 11 heteroatoms. The second-order valence-electron chi connectivity index (χ2n) is 10.2. The fourth-order valence-corrected chi connectivity index (χ4v) is 4.85. The van der Waals surface area contributed by atoms with Gasteiger partial charge >= 0.3 is 6.03 Å². The molecular formula is C32H29FN6O4. The number of hydrogen-bond donors (Lipinski definition) is 2. The van der Waals surface area contributed by atoms with Crippen LogP contribution in [-0.4, -0.2) is 67.2 Å². The van der Waals surface area contributed by atoms with Crippen LogP contribution in [-0.2, 0) is 4.74 Å². The summed E-state index contributed by atoms with van der Waals surface area (Å²) in [5.41, 5.74) is 2.97. The van der Waals surface area contributed by atoms with E-state index in [4.69, 9.17) is 19.1 Å². The van der Waals surface area contributed by atoms with E-state index in [2.05, 4.69) is 15.5 Å². The van der Waals surface area contributed by atoms with E-state index in [1.807, 2.05) is 30.3 Å². The van der Waals surface area contributed by atoms with Gasteiger partial charge in [-0.15, -0.1) is 0 Å². The molecule has 0 saturated carbocycles. The molecule has 3 aromatic carbocycles. The lowest BCUT2D eigenvalue weighted by Gasteiger charge is -2.29. The van der Waals surface area contributed by atoms with Crippen molar-refractivity contribution in [3.8, 4) is 22.7 Å². The van der Waals surface area contributed by atoms with Crippen LogP contribution in [0.1, 0.15) is 10.4 Å². The van der Waals surface area contributed by atoms with E-state index in [0.717, 1.165) is 16.8 Å². The van der Waals surface area contributed by atoms with Gasteiger partial charge in [0.25, 0.3) is 5.91 Å². The number of furan rings is 1. The van der Waals surface area contributed by atoms with Crippen molar-refractivity contribution in [1.29, 1.82) is 0 Å². The zero-order valence-electron chi connectivity index (χ0n) is 23.6. The van der Waals surface area contributed by atoms with Crippen LogP contribution in [0.5, 0.6) is 0 Å². The number of carbonyl (C=O) groups excluding carboxylic acids is 2. The normalized spacial score (nSPS) is 13.1. The first-order chi connectivity index (χ1) is 20.9. The number of fused-ring (bicyclic) bond motifs is 1. The second kappa shape index (κ2) is 11.9. The molecule has 1 saturated heterocycles. The third-order valence-corrected chi connectivity index (χ3v) is 7.06. The van der Waals surface area contributed by atoms with Gasteiger partial charge in [-0.1, -0.05) is 6.07 Å². The van der Waals surface area contributed by atoms with Gasteiger partial charge in [-0.05, 0) is 66.7 Å². The highest BCUT2D eigenvalue weighted by Crippen LogP contribution is 2.32. The molecule has 43 heavy (non-hydrogen) atoms. The predicted octanol–water partition coefficient (Wildman–Crippen LogP) is 5.88. The van der Waals surface area contributed by atoms with Crippen LogP contribution < -0.4 is 15.5 Å². The summed E-state index contributed by atoms with van der Waals surface area (Å²) in [6, 6.07) is 19.8. The number of urea groups is 1. The average molecular weight is 581 g/mol. The average Bonchev–Trinajstić information content (AvgIpc) is 3.57. The first kappa shape index (κ1) is 27.9. The zero-order valence-corrected chi connectivity index (χ0v) is 23.6. The molecule has 1 fully saturated rings. The number of benzene rings is 3. The highest BCUT2D eigenvalue weighted by atomic mass is 19.1. The van der Waals surface area contributed by atoms with Crippen LogP contribution in [0.3, 0.4) is 0 Å². The molecule has 5 aromatic rings. The topological polar surface area (TPSA) is 113 Å². The van der Waals surface area contributed by atoms with Crippen molar-refractivity contribution >= 4 is 40.0 Å². The summed E-state index contributed by atoms with van der Waals surface area (Å²) < 4.78 is 26.4. The molecule has 218 valence electrons. The predicted molar refractivity (Wildman–Crippen MR) is 163 cm³/mol. The summed E-state index contributed by atoms with van der Waals surface area (Å²) in [5.74, 6) is 1.03. The molecule has 3 amide bonds. The number of amides is 3. The number of halogens is 1. The van der Waals surface area contributed by atoms with Gasteiger partial charge in [0.15, 0.2) is 5.82 Å². The highest BCUT2D eigenvalue weighted by Gasteiger charge is 2.20. The van der Waals surface area contributed by atoms with Crippen LogP contribution >= 0.6 is 0 Å². The van der Waals surface area contributed by atoms with Crippen LogP contribution in [0.2, 0.25) is 0 Å². The molecule has 1 aliphatic heterocycles. The van der Waals surface area contributed by atoms with Crippen molar-refractivity contribution in [3.05, 3.63) is 90.4 Å². The lowest BCUT2D eigenvalue weighted by atomic mass is 10.1. The Morgan fingerprint density at radius 1 is 0.907 bits per heavy atom. The lowest BCUT2D eigenvalue weighted by Crippen LogP contribution is -2.37. The van der Waals surface area contributed by atoms with Gasteiger partial charge in [0.05, 0.1) is 30.7 Å². The number of carbonyl (C=O) groups is 2. The quantitative estimate of drug-likeness (QED) is 0.258. The Morgan fingerprint density at radius 2 is 1.67 bits per heavy atom. The molecule has 2 aromatic heterocycles. The summed E-state index contributed by atoms with van der Waals surface area (Å²) in [6.45, 7) is 2.51. The number of nitrogens with zero attached hydrogens (tertiary/aromatic N) is 4. The summed E-state index contributed by atoms with van der Waals surface area (Å²) >= 11 is 0. The fraction of sp³-hybridized carbons (Fsp3) is 0.188. The molecule has 0 bridgehead atoms. The zero-order chi connectivity index (χ0) is 29.9. The van der Waals surface area contributed by atoms with E-state index in [-0.39, 0.29) is 11.6 Å². The first-order valence-electron chi connectivity index (χ1n) is 13.7. The van der Waals surface area contributed by atoms with Gasteiger partial charge in [0.2, 0.25) is 0 Å². The number of aromatic nitrogens is 2. The second-order valence-corrected chi connectivity index (χ2v) is 10.2. The Balaban J connectivity index is 1.26. The summed E-state index contributed by atoms with van der Waals surface area (Å²) in [7, 11) is 3.32. The van der Waals surface area contributed by atoms with E-state index >= 15 is 4.39 Å². The van der Waals surface area contributed by atoms with Crippen LogP contribution in [0.25, 0.3) is 33.6 Å². The number of anilines is 3. The van der Waals surface area contributed by atoms with E-state index in [1.54, 1.807) is 50.7 Å². The summed E-state index contributed by atoms with van der Waals surface area (Å²) in [5, 5.41) is 6.06. The monoisotopic (exact) mass is 580 g/mol. The van der Waals surface area contributed by atoms with E-state index in [9.17, 15) is 9.59 Å². The van der Waals surface area contributed by atoms with E-state index < -0.39 is 11.8 Å². The highest BCUT2D eigenvalue weighted by molar-refractivity contribution is 6.01. The van der Waals surface area contributed by atoms with Crippen molar-refractivity contribution in [1.82, 2.24) is 14.9 Å². The summed E-state index contributed by atoms with van der Waals surface area (Å²) in [6.07, 6.45) is 1.62. The minimum atomic E-state index is -0.638. The van der Waals surface area contributed by atoms with Crippen LogP contribution in [0, 0.1) is 5.82 Å². The minimum Gasteiger partial charge on any atom is -0.464 e. The van der Waals surface area contributed by atoms with Gasteiger partial charge in [-0.2, -0.15) is 0 Å². The third kappa shape index (κ3) is 6.02. The molecule has 2 N–H and O–H groups in total. The molecule has 0 spiro atoms. The van der Waals surface area contributed by atoms with Crippen LogP contribution in [0.4, 0.5) is 26.4 Å². The number of hydrogen-bond acceptors (Lipinski definition) is 7. The first-order valence-corrected chi connectivity index (χ1v) is 13.7. The number of nitrogens with one attached hydrogen (secondary N) is 2. The summed E-state index contributed by atoms with van der Waals surface area (Å²) in [4.78, 5) is 37.9. The maximum atomic E-state index is 15.3. The molecule has 3 heterocycles. The minimum absolute atomic E-state index is 0.00467. The van der Waals surface area contributed by atoms with Crippen molar-refractivity contribution in [2.45, 2.75) is 0 Å². The number of ether oxygens (including phenoxy) is 1. The van der Waals surface area contributed by atoms with E-state index in [0.29, 0.717) is 60.2 Å². The maximum Gasteiger partial charge on any atom is 0.323 e. The number of rotatable bonds is 6. The van der Waals surface area contributed by atoms with Gasteiger partial charge in [-0.3, -0.25) is 4.79 Å². The van der Waals surface area contributed by atoms with Crippen molar-refractivity contribution in [2.75, 3.05) is 55.9 Å². The van der Waals surface area contributed by atoms with Gasteiger partial charge in [-0.25, -0.2) is 19.2 Å². The molecule has 0 unspecified atom stereocenters. The van der Waals surface area contributed by atoms with Gasteiger partial charge in [0.1, 0.15) is 17.4 Å². The van der Waals surface area contributed by atoms with Crippen molar-refractivity contribution < 1.29 is 23.1 Å². The lowest BCUT2D eigenvalue weighted by molar-refractivity contribution is 0.0827. The Kier molecular flexibility index (Phi) is 7.71. The third-order valence-electron chi connectivity index (χ3n) is 7.06. The van der Waals surface area contributed by atoms with Crippen molar-refractivity contribution in [2.24, 2.45) is 0 Å². The molecule has 6 rings (SSSR count). The van der Waals surface area contributed by atoms with Gasteiger partial charge < -0.3 is 29.6 Å². The molecule has 0 aliphatic carbocycles.